The average Bonchev–Trinajstić information content (AvgIpc) is 3.11. The van der Waals surface area contributed by atoms with Gasteiger partial charge in [-0.2, -0.15) is 5.10 Å². The molecule has 1 aliphatic carbocycles. The second-order valence-corrected chi connectivity index (χ2v) is 7.80. The second-order valence-electron chi connectivity index (χ2n) is 7.80. The Kier molecular flexibility index (Phi) is 5.96. The highest BCUT2D eigenvalue weighted by molar-refractivity contribution is 6.07. The zero-order valence-electron chi connectivity index (χ0n) is 17.4. The highest BCUT2D eigenvalue weighted by atomic mass is 16.4. The first-order chi connectivity index (χ1) is 14.5. The molecule has 2 N–H and O–H groups in total. The molecular formula is C22H27N5O3. The zero-order chi connectivity index (χ0) is 21.1. The van der Waals surface area contributed by atoms with Gasteiger partial charge in [0.05, 0.1) is 5.71 Å². The number of amides is 2. The Morgan fingerprint density at radius 2 is 1.77 bits per heavy atom. The zero-order valence-corrected chi connectivity index (χ0v) is 17.4. The maximum Gasteiger partial charge on any atom is 0.301 e. The number of hydrazine groups is 1. The van der Waals surface area contributed by atoms with Crippen molar-refractivity contribution < 1.29 is 14.0 Å². The molecule has 1 aromatic heterocycles. The number of hydrogen-bond donors (Lipinski definition) is 2. The monoisotopic (exact) mass is 409 g/mol. The molecule has 1 aliphatic heterocycles. The fourth-order valence-corrected chi connectivity index (χ4v) is 3.88. The number of nitrogens with zero attached hydrogens (tertiary/aromatic N) is 3. The third kappa shape index (κ3) is 4.29. The Labute approximate surface area is 175 Å². The summed E-state index contributed by atoms with van der Waals surface area (Å²) in [5.41, 5.74) is 8.51. The van der Waals surface area contributed by atoms with Crippen LogP contribution in [0, 0.1) is 6.92 Å². The number of benzene rings is 1. The molecule has 1 fully saturated rings. The molecule has 0 radical (unpaired) electrons. The van der Waals surface area contributed by atoms with Gasteiger partial charge in [0.15, 0.2) is 5.76 Å². The molecule has 2 aromatic rings. The third-order valence-corrected chi connectivity index (χ3v) is 5.62. The largest absolute Gasteiger partial charge is 0.455 e. The van der Waals surface area contributed by atoms with E-state index in [0.29, 0.717) is 11.3 Å². The molecule has 2 heterocycles. The van der Waals surface area contributed by atoms with Gasteiger partial charge in [0.2, 0.25) is 0 Å². The Morgan fingerprint density at radius 3 is 2.50 bits per heavy atom. The van der Waals surface area contributed by atoms with Crippen LogP contribution in [0.15, 0.2) is 39.9 Å². The number of aryl methyl sites for hydroxylation is 1. The number of hydrazone groups is 1. The van der Waals surface area contributed by atoms with Crippen LogP contribution in [0.5, 0.6) is 0 Å². The molecule has 158 valence electrons. The maximum atomic E-state index is 12.8. The number of rotatable bonds is 4. The van der Waals surface area contributed by atoms with Crippen molar-refractivity contribution in [2.45, 2.75) is 26.2 Å². The minimum atomic E-state index is -0.260. The molecule has 0 saturated carbocycles. The summed E-state index contributed by atoms with van der Waals surface area (Å²) in [4.78, 5) is 27.4. The van der Waals surface area contributed by atoms with Crippen molar-refractivity contribution in [1.29, 1.82) is 0 Å². The lowest BCUT2D eigenvalue weighted by Gasteiger charge is -2.32. The first kappa shape index (κ1) is 20.3. The van der Waals surface area contributed by atoms with Gasteiger partial charge in [0, 0.05) is 49.3 Å². The first-order valence-corrected chi connectivity index (χ1v) is 10.3. The SMILES string of the molecule is Cc1c(C(=O)NN2CCN(C)CC2)oc2c1/C(=N/NC(=O)c1ccccc1)CCC2. The van der Waals surface area contributed by atoms with Crippen LogP contribution in [-0.4, -0.2) is 60.7 Å². The molecule has 1 aromatic carbocycles. The highest BCUT2D eigenvalue weighted by Crippen LogP contribution is 2.30. The van der Waals surface area contributed by atoms with E-state index in [0.717, 1.165) is 68.0 Å². The fraction of sp³-hybridized carbons (Fsp3) is 0.409. The quantitative estimate of drug-likeness (QED) is 0.754. The Balaban J connectivity index is 1.50. The van der Waals surface area contributed by atoms with Gasteiger partial charge in [-0.25, -0.2) is 10.4 Å². The predicted molar refractivity (Wildman–Crippen MR) is 113 cm³/mol. The Morgan fingerprint density at radius 1 is 1.03 bits per heavy atom. The summed E-state index contributed by atoms with van der Waals surface area (Å²) in [5, 5.41) is 6.30. The lowest BCUT2D eigenvalue weighted by atomic mass is 9.93. The van der Waals surface area contributed by atoms with E-state index in [1.807, 2.05) is 30.1 Å². The molecule has 4 rings (SSSR count). The van der Waals surface area contributed by atoms with Gasteiger partial charge >= 0.3 is 5.91 Å². The van der Waals surface area contributed by atoms with Gasteiger partial charge in [0.1, 0.15) is 5.76 Å². The number of hydrogen-bond acceptors (Lipinski definition) is 6. The van der Waals surface area contributed by atoms with E-state index in [-0.39, 0.29) is 11.8 Å². The van der Waals surface area contributed by atoms with Crippen LogP contribution in [0.2, 0.25) is 0 Å². The summed E-state index contributed by atoms with van der Waals surface area (Å²) in [6.45, 7) is 5.25. The molecule has 8 nitrogen and oxygen atoms in total. The number of fused-ring (bicyclic) bond motifs is 1. The van der Waals surface area contributed by atoms with Crippen LogP contribution in [0.1, 0.15) is 50.6 Å². The lowest BCUT2D eigenvalue weighted by Crippen LogP contribution is -2.52. The smallest absolute Gasteiger partial charge is 0.301 e. The van der Waals surface area contributed by atoms with Crippen molar-refractivity contribution in [2.24, 2.45) is 5.10 Å². The summed E-state index contributed by atoms with van der Waals surface area (Å²) in [6.07, 6.45) is 2.34. The number of furan rings is 1. The first-order valence-electron chi connectivity index (χ1n) is 10.3. The summed E-state index contributed by atoms with van der Waals surface area (Å²) in [5.74, 6) is 0.585. The normalized spacial score (nSPS) is 18.8. The van der Waals surface area contributed by atoms with Crippen LogP contribution >= 0.6 is 0 Å². The number of carbonyl (C=O) groups excluding carboxylic acids is 2. The average molecular weight is 409 g/mol. The molecule has 0 unspecified atom stereocenters. The molecule has 0 atom stereocenters. The molecule has 2 amide bonds. The lowest BCUT2D eigenvalue weighted by molar-refractivity contribution is 0.0634. The van der Waals surface area contributed by atoms with E-state index >= 15 is 0 Å². The molecule has 1 saturated heterocycles. The number of likely N-dealkylation sites (N-methyl/N-ethyl adjacent to an activating group) is 1. The van der Waals surface area contributed by atoms with Crippen LogP contribution in [-0.2, 0) is 6.42 Å². The summed E-state index contributed by atoms with van der Waals surface area (Å²) >= 11 is 0. The molecule has 8 heteroatoms. The molecule has 2 aliphatic rings. The summed E-state index contributed by atoms with van der Waals surface area (Å²) in [7, 11) is 2.07. The van der Waals surface area contributed by atoms with Gasteiger partial charge in [-0.3, -0.25) is 15.0 Å². The van der Waals surface area contributed by atoms with Crippen LogP contribution in [0.4, 0.5) is 0 Å². The van der Waals surface area contributed by atoms with E-state index in [9.17, 15) is 9.59 Å². The topological polar surface area (TPSA) is 90.2 Å². The molecule has 0 bridgehead atoms. The summed E-state index contributed by atoms with van der Waals surface area (Å²) in [6, 6.07) is 8.97. The second kappa shape index (κ2) is 8.81. The maximum absolute atomic E-state index is 12.8. The minimum Gasteiger partial charge on any atom is -0.455 e. The number of nitrogens with one attached hydrogen (secondary N) is 2. The Hall–Kier alpha value is -2.97. The predicted octanol–water partition coefficient (Wildman–Crippen LogP) is 1.95. The van der Waals surface area contributed by atoms with Crippen LogP contribution in [0.3, 0.4) is 0 Å². The van der Waals surface area contributed by atoms with Crippen molar-refractivity contribution in [3.05, 3.63) is 58.5 Å². The van der Waals surface area contributed by atoms with Crippen molar-refractivity contribution in [3.63, 3.8) is 0 Å². The highest BCUT2D eigenvalue weighted by Gasteiger charge is 2.29. The van der Waals surface area contributed by atoms with Crippen LogP contribution in [0.25, 0.3) is 0 Å². The number of piperazine rings is 1. The Bertz CT molecular complexity index is 959. The van der Waals surface area contributed by atoms with Crippen molar-refractivity contribution >= 4 is 17.5 Å². The standard InChI is InChI=1S/C22H27N5O3/c1-15-19-17(23-24-21(28)16-7-4-3-5-8-16)9-6-10-18(19)30-20(15)22(29)25-27-13-11-26(2)12-14-27/h3-5,7-8H,6,9-14H2,1-2H3,(H,24,28)(H,25,29)/b23-17+. The van der Waals surface area contributed by atoms with E-state index in [2.05, 4.69) is 27.9 Å². The minimum absolute atomic E-state index is 0.237. The van der Waals surface area contributed by atoms with E-state index in [1.54, 1.807) is 12.1 Å². The number of carbonyl (C=O) groups is 2. The van der Waals surface area contributed by atoms with Gasteiger partial charge in [-0.1, -0.05) is 18.2 Å². The van der Waals surface area contributed by atoms with Crippen molar-refractivity contribution in [1.82, 2.24) is 20.8 Å². The van der Waals surface area contributed by atoms with E-state index in [1.165, 1.54) is 0 Å². The third-order valence-electron chi connectivity index (χ3n) is 5.62. The van der Waals surface area contributed by atoms with Gasteiger partial charge in [-0.05, 0) is 38.9 Å². The fourth-order valence-electron chi connectivity index (χ4n) is 3.88. The molecule has 0 spiro atoms. The van der Waals surface area contributed by atoms with Gasteiger partial charge in [0.25, 0.3) is 5.91 Å². The molecular weight excluding hydrogens is 382 g/mol. The van der Waals surface area contributed by atoms with Crippen molar-refractivity contribution in [3.8, 4) is 0 Å². The molecule has 30 heavy (non-hydrogen) atoms. The summed E-state index contributed by atoms with van der Waals surface area (Å²) < 4.78 is 5.94. The van der Waals surface area contributed by atoms with Gasteiger partial charge in [-0.15, -0.1) is 0 Å². The van der Waals surface area contributed by atoms with E-state index in [4.69, 9.17) is 4.42 Å². The van der Waals surface area contributed by atoms with Crippen LogP contribution < -0.4 is 10.9 Å². The van der Waals surface area contributed by atoms with E-state index < -0.39 is 0 Å². The van der Waals surface area contributed by atoms with Crippen molar-refractivity contribution in [2.75, 3.05) is 33.2 Å². The van der Waals surface area contributed by atoms with Gasteiger partial charge < -0.3 is 9.32 Å².